The molecule has 4 aromatic rings. The van der Waals surface area contributed by atoms with Crippen molar-refractivity contribution in [3.8, 4) is 0 Å². The van der Waals surface area contributed by atoms with Gasteiger partial charge in [0.15, 0.2) is 0 Å². The monoisotopic (exact) mass is 358 g/mol. The first-order valence-electron chi connectivity index (χ1n) is 9.29. The number of rotatable bonds is 2. The molecule has 5 rings (SSSR count). The van der Waals surface area contributed by atoms with Gasteiger partial charge >= 0.3 is 0 Å². The Morgan fingerprint density at radius 1 is 0.963 bits per heavy atom. The highest BCUT2D eigenvalue weighted by molar-refractivity contribution is 6.23. The summed E-state index contributed by atoms with van der Waals surface area (Å²) < 4.78 is 0. The number of hydrogen-bond acceptors (Lipinski definition) is 3. The van der Waals surface area contributed by atoms with Gasteiger partial charge in [-0.1, -0.05) is 54.6 Å². The van der Waals surface area contributed by atoms with E-state index < -0.39 is 0 Å². The summed E-state index contributed by atoms with van der Waals surface area (Å²) in [5.41, 5.74) is 1.15. The minimum atomic E-state index is -0.205. The van der Waals surface area contributed by atoms with Crippen molar-refractivity contribution < 1.29 is 9.63 Å². The second-order valence-corrected chi connectivity index (χ2v) is 7.64. The lowest BCUT2D eigenvalue weighted by molar-refractivity contribution is -0.133. The smallest absolute Gasteiger partial charge is 0.229 e. The average Bonchev–Trinajstić information content (AvgIpc) is 3.06. The molecule has 1 saturated heterocycles. The molecule has 0 N–H and O–H groups in total. The van der Waals surface area contributed by atoms with Crippen LogP contribution in [0.15, 0.2) is 54.6 Å². The Labute approximate surface area is 158 Å². The Morgan fingerprint density at radius 3 is 2.30 bits per heavy atom. The maximum Gasteiger partial charge on any atom is 0.229 e. The molecule has 27 heavy (non-hydrogen) atoms. The molecular formula is C23H22N2O2. The van der Waals surface area contributed by atoms with E-state index in [1.54, 1.807) is 4.90 Å². The molecule has 4 nitrogen and oxygen atoms in total. The first kappa shape index (κ1) is 16.5. The van der Waals surface area contributed by atoms with Crippen molar-refractivity contribution >= 4 is 38.2 Å². The molecule has 0 radical (unpaired) electrons. The lowest BCUT2D eigenvalue weighted by Gasteiger charge is -2.26. The summed E-state index contributed by atoms with van der Waals surface area (Å²) in [7, 11) is 5.54. The molecule has 1 amide bonds. The Morgan fingerprint density at radius 2 is 1.59 bits per heavy atom. The highest BCUT2D eigenvalue weighted by atomic mass is 16.7. The number of carbonyl (C=O) groups excluding carboxylic acids is 1. The molecule has 4 heteroatoms. The van der Waals surface area contributed by atoms with Crippen LogP contribution in [0.25, 0.3) is 32.3 Å². The normalized spacial score (nSPS) is 20.9. The highest BCUT2D eigenvalue weighted by Gasteiger charge is 2.40. The first-order valence-corrected chi connectivity index (χ1v) is 9.29. The van der Waals surface area contributed by atoms with Crippen LogP contribution >= 0.6 is 0 Å². The van der Waals surface area contributed by atoms with Gasteiger partial charge in [-0.3, -0.25) is 9.63 Å². The maximum absolute atomic E-state index is 12.8. The first-order chi connectivity index (χ1) is 13.1. The summed E-state index contributed by atoms with van der Waals surface area (Å²) >= 11 is 0. The minimum Gasteiger partial charge on any atom is -0.348 e. The van der Waals surface area contributed by atoms with Crippen molar-refractivity contribution in [2.75, 3.05) is 27.7 Å². The minimum absolute atomic E-state index is 0.0931. The van der Waals surface area contributed by atoms with Crippen LogP contribution in [-0.2, 0) is 9.63 Å². The van der Waals surface area contributed by atoms with Gasteiger partial charge in [0.25, 0.3) is 0 Å². The van der Waals surface area contributed by atoms with Crippen LogP contribution < -0.4 is 0 Å². The molecule has 1 fully saturated rings. The second kappa shape index (κ2) is 5.91. The topological polar surface area (TPSA) is 32.8 Å². The summed E-state index contributed by atoms with van der Waals surface area (Å²) in [6, 6.07) is 19.4. The summed E-state index contributed by atoms with van der Waals surface area (Å²) in [5, 5.41) is 9.36. The van der Waals surface area contributed by atoms with Crippen LogP contribution in [0, 0.1) is 5.92 Å². The Hall–Kier alpha value is -2.69. The molecule has 0 saturated carbocycles. The summed E-state index contributed by atoms with van der Waals surface area (Å²) in [4.78, 5) is 20.2. The Bertz CT molecular complexity index is 1150. The summed E-state index contributed by atoms with van der Waals surface area (Å²) in [6.07, 6.45) is 0. The quantitative estimate of drug-likeness (QED) is 0.503. The number of nitrogens with zero attached hydrogens (tertiary/aromatic N) is 2. The van der Waals surface area contributed by atoms with Crippen molar-refractivity contribution in [1.82, 2.24) is 9.96 Å². The molecule has 136 valence electrons. The number of amides is 1. The van der Waals surface area contributed by atoms with Gasteiger partial charge in [0.1, 0.15) is 0 Å². The molecule has 4 aromatic carbocycles. The number of benzene rings is 4. The molecule has 0 bridgehead atoms. The zero-order chi connectivity index (χ0) is 18.7. The number of hydrogen-bond donors (Lipinski definition) is 0. The zero-order valence-electron chi connectivity index (χ0n) is 15.8. The summed E-state index contributed by atoms with van der Waals surface area (Å²) in [6.45, 7) is 0.417. The fourth-order valence-electron chi connectivity index (χ4n) is 4.59. The highest BCUT2D eigenvalue weighted by Crippen LogP contribution is 2.42. The van der Waals surface area contributed by atoms with Crippen LogP contribution in [0.4, 0.5) is 0 Å². The molecule has 2 atom stereocenters. The van der Waals surface area contributed by atoms with Gasteiger partial charge in [-0.25, -0.2) is 0 Å². The SMILES string of the molecule is CN(C)C(=O)[C@@H]1CON(C)[C@H]1c1ccc2ccc3cccc4ccc1c2c34. The van der Waals surface area contributed by atoms with Gasteiger partial charge in [0, 0.05) is 21.1 Å². The second-order valence-electron chi connectivity index (χ2n) is 7.64. The van der Waals surface area contributed by atoms with Gasteiger partial charge in [-0.05, 0) is 37.9 Å². The molecule has 0 aromatic heterocycles. The Balaban J connectivity index is 1.79. The standard InChI is InChI=1S/C23H22N2O2/c1-24(2)23(26)19-13-27-25(3)22(19)18-12-10-16-8-7-14-5-4-6-15-9-11-17(18)21(16)20(14)15/h4-12,19,22H,13H2,1-3H3/t19-,22+/m1/s1. The Kier molecular flexibility index (Phi) is 3.61. The molecule has 0 spiro atoms. The zero-order valence-corrected chi connectivity index (χ0v) is 15.8. The van der Waals surface area contributed by atoms with Crippen molar-refractivity contribution in [3.05, 3.63) is 60.2 Å². The average molecular weight is 358 g/mol. The lowest BCUT2D eigenvalue weighted by atomic mass is 9.86. The van der Waals surface area contributed by atoms with Gasteiger partial charge < -0.3 is 4.90 Å². The lowest BCUT2D eigenvalue weighted by Crippen LogP contribution is -2.34. The molecule has 0 unspecified atom stereocenters. The van der Waals surface area contributed by atoms with E-state index in [1.807, 2.05) is 26.2 Å². The van der Waals surface area contributed by atoms with Crippen LogP contribution in [-0.4, -0.2) is 43.6 Å². The van der Waals surface area contributed by atoms with E-state index in [1.165, 1.54) is 32.3 Å². The summed E-state index contributed by atoms with van der Waals surface area (Å²) in [5.74, 6) is -0.0986. The van der Waals surface area contributed by atoms with E-state index in [9.17, 15) is 4.79 Å². The third-order valence-corrected chi connectivity index (χ3v) is 5.87. The molecule has 1 aliphatic rings. The van der Waals surface area contributed by atoms with Crippen LogP contribution in [0.3, 0.4) is 0 Å². The van der Waals surface area contributed by atoms with E-state index in [2.05, 4.69) is 54.6 Å². The third kappa shape index (κ3) is 2.34. The molecule has 1 aliphatic heterocycles. The van der Waals surface area contributed by atoms with Gasteiger partial charge in [0.05, 0.1) is 18.6 Å². The van der Waals surface area contributed by atoms with Crippen molar-refractivity contribution in [1.29, 1.82) is 0 Å². The fraction of sp³-hybridized carbons (Fsp3) is 0.261. The molecule has 0 aliphatic carbocycles. The van der Waals surface area contributed by atoms with Crippen LogP contribution in [0.2, 0.25) is 0 Å². The largest absolute Gasteiger partial charge is 0.348 e. The van der Waals surface area contributed by atoms with E-state index >= 15 is 0 Å². The van der Waals surface area contributed by atoms with Crippen molar-refractivity contribution in [2.24, 2.45) is 5.92 Å². The van der Waals surface area contributed by atoms with Gasteiger partial charge in [-0.2, -0.15) is 5.06 Å². The van der Waals surface area contributed by atoms with E-state index in [4.69, 9.17) is 4.84 Å². The predicted octanol–water partition coefficient (Wildman–Crippen LogP) is 4.21. The van der Waals surface area contributed by atoms with E-state index in [0.29, 0.717) is 6.61 Å². The maximum atomic E-state index is 12.8. The van der Waals surface area contributed by atoms with Crippen LogP contribution in [0.5, 0.6) is 0 Å². The van der Waals surface area contributed by atoms with Gasteiger partial charge in [-0.15, -0.1) is 0 Å². The predicted molar refractivity (Wildman–Crippen MR) is 109 cm³/mol. The molecule has 1 heterocycles. The fourth-order valence-corrected chi connectivity index (χ4v) is 4.59. The number of hydroxylamine groups is 2. The van der Waals surface area contributed by atoms with E-state index in [-0.39, 0.29) is 17.9 Å². The third-order valence-electron chi connectivity index (χ3n) is 5.87. The van der Waals surface area contributed by atoms with Gasteiger partial charge in [0.2, 0.25) is 5.91 Å². The van der Waals surface area contributed by atoms with Crippen LogP contribution in [0.1, 0.15) is 11.6 Å². The number of carbonyl (C=O) groups is 1. The van der Waals surface area contributed by atoms with Crippen molar-refractivity contribution in [2.45, 2.75) is 6.04 Å². The van der Waals surface area contributed by atoms with Crippen molar-refractivity contribution in [3.63, 3.8) is 0 Å². The molecular weight excluding hydrogens is 336 g/mol. The van der Waals surface area contributed by atoms with E-state index in [0.717, 1.165) is 5.56 Å².